The van der Waals surface area contributed by atoms with E-state index in [1.54, 1.807) is 6.20 Å². The summed E-state index contributed by atoms with van der Waals surface area (Å²) < 4.78 is 5.82. The molecule has 0 bridgehead atoms. The van der Waals surface area contributed by atoms with Crippen molar-refractivity contribution >= 4 is 0 Å². The van der Waals surface area contributed by atoms with Crippen LogP contribution >= 0.6 is 0 Å². The summed E-state index contributed by atoms with van der Waals surface area (Å²) in [5.74, 6) is 0. The van der Waals surface area contributed by atoms with Gasteiger partial charge in [-0.3, -0.25) is 4.98 Å². The van der Waals surface area contributed by atoms with Crippen LogP contribution in [0.1, 0.15) is 31.2 Å². The van der Waals surface area contributed by atoms with E-state index >= 15 is 0 Å². The highest BCUT2D eigenvalue weighted by Gasteiger charge is 2.19. The van der Waals surface area contributed by atoms with Crippen molar-refractivity contribution < 1.29 is 4.74 Å². The predicted molar refractivity (Wildman–Crippen MR) is 59.3 cm³/mol. The fourth-order valence-electron chi connectivity index (χ4n) is 2.03. The Bertz CT molecular complexity index is 289. The Kier molecular flexibility index (Phi) is 3.69. The molecule has 1 aromatic heterocycles. The fraction of sp³-hybridized carbons (Fsp3) is 0.583. The van der Waals surface area contributed by atoms with Crippen molar-refractivity contribution in [2.75, 3.05) is 0 Å². The predicted octanol–water partition coefficient (Wildman–Crippen LogP) is 1.87. The van der Waals surface area contributed by atoms with Gasteiger partial charge in [-0.05, 0) is 37.3 Å². The van der Waals surface area contributed by atoms with Gasteiger partial charge in [-0.2, -0.15) is 0 Å². The van der Waals surface area contributed by atoms with Gasteiger partial charge in [-0.1, -0.05) is 6.07 Å². The van der Waals surface area contributed by atoms with Crippen LogP contribution in [0.2, 0.25) is 0 Å². The maximum atomic E-state index is 5.90. The molecule has 3 heteroatoms. The first-order valence-electron chi connectivity index (χ1n) is 5.60. The Morgan fingerprint density at radius 1 is 1.47 bits per heavy atom. The number of pyridine rings is 1. The molecular weight excluding hydrogens is 188 g/mol. The number of nitrogens with two attached hydrogens (primary N) is 1. The third-order valence-corrected chi connectivity index (χ3v) is 2.88. The zero-order valence-electron chi connectivity index (χ0n) is 8.93. The van der Waals surface area contributed by atoms with Gasteiger partial charge in [0.2, 0.25) is 0 Å². The maximum absolute atomic E-state index is 5.90. The van der Waals surface area contributed by atoms with Crippen LogP contribution in [-0.2, 0) is 11.3 Å². The van der Waals surface area contributed by atoms with Crippen molar-refractivity contribution in [3.05, 3.63) is 30.1 Å². The van der Waals surface area contributed by atoms with Gasteiger partial charge >= 0.3 is 0 Å². The molecule has 0 spiro atoms. The minimum absolute atomic E-state index is 0.331. The summed E-state index contributed by atoms with van der Waals surface area (Å²) >= 11 is 0. The zero-order chi connectivity index (χ0) is 10.5. The second-order valence-corrected chi connectivity index (χ2v) is 4.22. The zero-order valence-corrected chi connectivity index (χ0v) is 8.93. The third kappa shape index (κ3) is 3.29. The van der Waals surface area contributed by atoms with Gasteiger partial charge in [0.1, 0.15) is 0 Å². The summed E-state index contributed by atoms with van der Waals surface area (Å²) in [5, 5.41) is 0. The summed E-state index contributed by atoms with van der Waals surface area (Å²) in [5.41, 5.74) is 7.04. The molecule has 1 fully saturated rings. The van der Waals surface area contributed by atoms with Gasteiger partial charge in [0.25, 0.3) is 0 Å². The van der Waals surface area contributed by atoms with Crippen molar-refractivity contribution in [3.63, 3.8) is 0 Å². The van der Waals surface area contributed by atoms with Crippen molar-refractivity contribution in [2.45, 2.75) is 44.4 Å². The minimum Gasteiger partial charge on any atom is -0.373 e. The van der Waals surface area contributed by atoms with E-state index in [-0.39, 0.29) is 0 Å². The van der Waals surface area contributed by atoms with E-state index < -0.39 is 0 Å². The average molecular weight is 206 g/mol. The highest BCUT2D eigenvalue weighted by Crippen LogP contribution is 2.20. The average Bonchev–Trinajstić information content (AvgIpc) is 2.28. The Labute approximate surface area is 90.7 Å². The van der Waals surface area contributed by atoms with Gasteiger partial charge in [-0.25, -0.2) is 0 Å². The lowest BCUT2D eigenvalue weighted by Gasteiger charge is -2.26. The van der Waals surface area contributed by atoms with Crippen LogP contribution < -0.4 is 5.73 Å². The molecule has 1 saturated carbocycles. The van der Waals surface area contributed by atoms with Crippen LogP contribution in [0.25, 0.3) is 0 Å². The Hall–Kier alpha value is -0.930. The molecule has 1 aliphatic carbocycles. The van der Waals surface area contributed by atoms with E-state index in [0.717, 1.165) is 24.8 Å². The Morgan fingerprint density at radius 3 is 3.13 bits per heavy atom. The molecule has 0 radical (unpaired) electrons. The van der Waals surface area contributed by atoms with Crippen LogP contribution in [0, 0.1) is 0 Å². The molecule has 15 heavy (non-hydrogen) atoms. The molecule has 0 aromatic carbocycles. The van der Waals surface area contributed by atoms with Gasteiger partial charge in [0.15, 0.2) is 0 Å². The molecule has 3 nitrogen and oxygen atoms in total. The number of hydrogen-bond acceptors (Lipinski definition) is 3. The van der Waals surface area contributed by atoms with E-state index in [1.165, 1.54) is 6.42 Å². The topological polar surface area (TPSA) is 48.1 Å². The van der Waals surface area contributed by atoms with E-state index in [2.05, 4.69) is 4.98 Å². The first-order chi connectivity index (χ1) is 7.34. The molecule has 1 aromatic rings. The van der Waals surface area contributed by atoms with E-state index in [9.17, 15) is 0 Å². The normalized spacial score (nSPS) is 26.5. The molecule has 1 aliphatic rings. The van der Waals surface area contributed by atoms with Crippen LogP contribution in [0.4, 0.5) is 0 Å². The first-order valence-corrected chi connectivity index (χ1v) is 5.60. The molecular formula is C12H18N2O. The molecule has 0 aliphatic heterocycles. The second kappa shape index (κ2) is 5.24. The summed E-state index contributed by atoms with van der Waals surface area (Å²) in [6, 6.07) is 4.30. The largest absolute Gasteiger partial charge is 0.373 e. The molecule has 2 rings (SSSR count). The molecule has 0 amide bonds. The SMILES string of the molecule is NC1CCCC(OCc2cccnc2)C1. The van der Waals surface area contributed by atoms with Crippen molar-refractivity contribution in [3.8, 4) is 0 Å². The van der Waals surface area contributed by atoms with E-state index in [0.29, 0.717) is 18.8 Å². The summed E-state index contributed by atoms with van der Waals surface area (Å²) in [7, 11) is 0. The maximum Gasteiger partial charge on any atom is 0.0735 e. The molecule has 2 N–H and O–H groups in total. The summed E-state index contributed by atoms with van der Waals surface area (Å²) in [6.07, 6.45) is 8.46. The lowest BCUT2D eigenvalue weighted by molar-refractivity contribution is 0.0121. The van der Waals surface area contributed by atoms with Crippen molar-refractivity contribution in [2.24, 2.45) is 5.73 Å². The first kappa shape index (κ1) is 10.6. The monoisotopic (exact) mass is 206 g/mol. The van der Waals surface area contributed by atoms with Gasteiger partial charge in [-0.15, -0.1) is 0 Å². The lowest BCUT2D eigenvalue weighted by atomic mass is 9.93. The Balaban J connectivity index is 1.78. The third-order valence-electron chi connectivity index (χ3n) is 2.88. The number of nitrogens with zero attached hydrogens (tertiary/aromatic N) is 1. The van der Waals surface area contributed by atoms with Crippen LogP contribution in [0.3, 0.4) is 0 Å². The molecule has 82 valence electrons. The smallest absolute Gasteiger partial charge is 0.0735 e. The van der Waals surface area contributed by atoms with E-state index in [1.807, 2.05) is 18.3 Å². The molecule has 2 atom stereocenters. The van der Waals surface area contributed by atoms with Crippen LogP contribution in [0.5, 0.6) is 0 Å². The number of ether oxygens (including phenoxy) is 1. The van der Waals surface area contributed by atoms with Gasteiger partial charge in [0, 0.05) is 18.4 Å². The molecule has 0 saturated heterocycles. The highest BCUT2D eigenvalue weighted by molar-refractivity contribution is 5.06. The lowest BCUT2D eigenvalue weighted by Crippen LogP contribution is -2.32. The molecule has 2 unspecified atom stereocenters. The van der Waals surface area contributed by atoms with Crippen molar-refractivity contribution in [1.29, 1.82) is 0 Å². The standard InChI is InChI=1S/C12H18N2O/c13-11-4-1-5-12(7-11)15-9-10-3-2-6-14-8-10/h2-3,6,8,11-12H,1,4-5,7,9,13H2. The highest BCUT2D eigenvalue weighted by atomic mass is 16.5. The van der Waals surface area contributed by atoms with E-state index in [4.69, 9.17) is 10.5 Å². The quantitative estimate of drug-likeness (QED) is 0.821. The van der Waals surface area contributed by atoms with Gasteiger partial charge in [0.05, 0.1) is 12.7 Å². The molecule has 1 heterocycles. The van der Waals surface area contributed by atoms with Crippen LogP contribution in [0.15, 0.2) is 24.5 Å². The number of aromatic nitrogens is 1. The number of rotatable bonds is 3. The fourth-order valence-corrected chi connectivity index (χ4v) is 2.03. The summed E-state index contributed by atoms with van der Waals surface area (Å²) in [6.45, 7) is 0.658. The minimum atomic E-state index is 0.331. The Morgan fingerprint density at radius 2 is 2.40 bits per heavy atom. The number of hydrogen-bond donors (Lipinski definition) is 1. The van der Waals surface area contributed by atoms with Crippen molar-refractivity contribution in [1.82, 2.24) is 4.98 Å². The van der Waals surface area contributed by atoms with Crippen LogP contribution in [-0.4, -0.2) is 17.1 Å². The van der Waals surface area contributed by atoms with Gasteiger partial charge < -0.3 is 10.5 Å². The second-order valence-electron chi connectivity index (χ2n) is 4.22. The summed E-state index contributed by atoms with van der Waals surface area (Å²) in [4.78, 5) is 4.06.